The number of piperazine rings is 1. The predicted molar refractivity (Wildman–Crippen MR) is 99.8 cm³/mol. The number of rotatable bonds is 4. The minimum atomic E-state index is -0.0350. The molecule has 128 valence electrons. The quantitative estimate of drug-likeness (QED) is 0.768. The van der Waals surface area contributed by atoms with Crippen molar-refractivity contribution in [2.75, 3.05) is 42.9 Å². The smallest absolute Gasteiger partial charge is 0.240 e. The Morgan fingerprint density at radius 1 is 1.00 bits per heavy atom. The van der Waals surface area contributed by atoms with Gasteiger partial charge in [0.2, 0.25) is 11.9 Å². The largest absolute Gasteiger partial charge is 0.369 e. The van der Waals surface area contributed by atoms with Gasteiger partial charge >= 0.3 is 0 Å². The van der Waals surface area contributed by atoms with Gasteiger partial charge in [-0.3, -0.25) is 15.0 Å². The van der Waals surface area contributed by atoms with Crippen LogP contribution in [0, 0.1) is 0 Å². The van der Waals surface area contributed by atoms with Gasteiger partial charge in [-0.25, -0.2) is 4.98 Å². The number of aromatic amines is 1. The van der Waals surface area contributed by atoms with E-state index < -0.39 is 0 Å². The zero-order valence-corrected chi connectivity index (χ0v) is 14.0. The molecule has 0 radical (unpaired) electrons. The van der Waals surface area contributed by atoms with E-state index in [0.29, 0.717) is 12.5 Å². The third-order valence-corrected chi connectivity index (χ3v) is 4.51. The van der Waals surface area contributed by atoms with Gasteiger partial charge in [-0.15, -0.1) is 0 Å². The molecule has 6 nitrogen and oxygen atoms in total. The molecular formula is C19H21N5O. The zero-order chi connectivity index (χ0) is 17.1. The highest BCUT2D eigenvalue weighted by molar-refractivity contribution is 5.92. The van der Waals surface area contributed by atoms with Crippen molar-refractivity contribution in [1.82, 2.24) is 14.9 Å². The lowest BCUT2D eigenvalue weighted by atomic mass is 10.2. The summed E-state index contributed by atoms with van der Waals surface area (Å²) in [5, 5.41) is 2.86. The summed E-state index contributed by atoms with van der Waals surface area (Å²) in [6, 6.07) is 18.1. The highest BCUT2D eigenvalue weighted by Crippen LogP contribution is 2.16. The van der Waals surface area contributed by atoms with Crippen molar-refractivity contribution in [3.63, 3.8) is 0 Å². The minimum Gasteiger partial charge on any atom is -0.369 e. The molecule has 1 aliphatic heterocycles. The van der Waals surface area contributed by atoms with Crippen LogP contribution in [0.1, 0.15) is 0 Å². The van der Waals surface area contributed by atoms with E-state index in [4.69, 9.17) is 0 Å². The van der Waals surface area contributed by atoms with Gasteiger partial charge in [0.1, 0.15) is 0 Å². The first-order chi connectivity index (χ1) is 12.3. The molecule has 0 bridgehead atoms. The SMILES string of the molecule is O=C(CN1CCN(c2ccccc2)CC1)Nc1nc2ccccc2[nH]1. The first kappa shape index (κ1) is 15.7. The van der Waals surface area contributed by atoms with E-state index in [-0.39, 0.29) is 5.91 Å². The highest BCUT2D eigenvalue weighted by atomic mass is 16.2. The maximum atomic E-state index is 12.3. The van der Waals surface area contributed by atoms with Crippen LogP contribution >= 0.6 is 0 Å². The molecule has 3 aromatic rings. The summed E-state index contributed by atoms with van der Waals surface area (Å²) in [4.78, 5) is 24.3. The number of nitrogens with zero attached hydrogens (tertiary/aromatic N) is 3. The maximum Gasteiger partial charge on any atom is 0.240 e. The van der Waals surface area contributed by atoms with Crippen molar-refractivity contribution in [2.24, 2.45) is 0 Å². The first-order valence-corrected chi connectivity index (χ1v) is 8.55. The van der Waals surface area contributed by atoms with Gasteiger partial charge in [-0.05, 0) is 24.3 Å². The molecule has 1 saturated heterocycles. The molecule has 0 unspecified atom stereocenters. The van der Waals surface area contributed by atoms with Crippen LogP contribution in [0.5, 0.6) is 0 Å². The van der Waals surface area contributed by atoms with Gasteiger partial charge in [-0.1, -0.05) is 30.3 Å². The number of anilines is 2. The van der Waals surface area contributed by atoms with E-state index in [9.17, 15) is 4.79 Å². The molecule has 2 heterocycles. The number of nitrogens with one attached hydrogen (secondary N) is 2. The Balaban J connectivity index is 1.30. The number of aromatic nitrogens is 2. The van der Waals surface area contributed by atoms with Crippen molar-refractivity contribution in [1.29, 1.82) is 0 Å². The number of imidazole rings is 1. The van der Waals surface area contributed by atoms with Gasteiger partial charge in [0.15, 0.2) is 0 Å². The van der Waals surface area contributed by atoms with Gasteiger partial charge in [0.05, 0.1) is 17.6 Å². The van der Waals surface area contributed by atoms with Crippen LogP contribution in [0.15, 0.2) is 54.6 Å². The minimum absolute atomic E-state index is 0.0350. The van der Waals surface area contributed by atoms with E-state index in [1.54, 1.807) is 0 Å². The molecular weight excluding hydrogens is 314 g/mol. The molecule has 25 heavy (non-hydrogen) atoms. The maximum absolute atomic E-state index is 12.3. The van der Waals surface area contributed by atoms with Crippen LogP contribution in [0.2, 0.25) is 0 Å². The second kappa shape index (κ2) is 6.94. The molecule has 2 aromatic carbocycles. The molecule has 6 heteroatoms. The lowest BCUT2D eigenvalue weighted by Crippen LogP contribution is -2.48. The van der Waals surface area contributed by atoms with Crippen molar-refractivity contribution >= 4 is 28.6 Å². The molecule has 0 saturated carbocycles. The average Bonchev–Trinajstić information content (AvgIpc) is 3.05. The van der Waals surface area contributed by atoms with Crippen LogP contribution in [0.25, 0.3) is 11.0 Å². The lowest BCUT2D eigenvalue weighted by molar-refractivity contribution is -0.117. The molecule has 2 N–H and O–H groups in total. The number of hydrogen-bond donors (Lipinski definition) is 2. The number of fused-ring (bicyclic) bond motifs is 1. The monoisotopic (exact) mass is 335 g/mol. The molecule has 1 aromatic heterocycles. The summed E-state index contributed by atoms with van der Waals surface area (Å²) in [7, 11) is 0. The summed E-state index contributed by atoms with van der Waals surface area (Å²) in [5.74, 6) is 0.473. The van der Waals surface area contributed by atoms with E-state index in [1.807, 2.05) is 30.3 Å². The summed E-state index contributed by atoms with van der Waals surface area (Å²) < 4.78 is 0. The molecule has 0 spiro atoms. The number of H-pyrrole nitrogens is 1. The van der Waals surface area contributed by atoms with Crippen LogP contribution in [-0.2, 0) is 4.79 Å². The second-order valence-electron chi connectivity index (χ2n) is 6.25. The Kier molecular flexibility index (Phi) is 4.35. The van der Waals surface area contributed by atoms with E-state index in [2.05, 4.69) is 49.4 Å². The van der Waals surface area contributed by atoms with Gasteiger partial charge < -0.3 is 9.88 Å². The third-order valence-electron chi connectivity index (χ3n) is 4.51. The Labute approximate surface area is 146 Å². The Morgan fingerprint density at radius 2 is 1.72 bits per heavy atom. The Hall–Kier alpha value is -2.86. The topological polar surface area (TPSA) is 64.3 Å². The van der Waals surface area contributed by atoms with Gasteiger partial charge in [0.25, 0.3) is 0 Å². The zero-order valence-electron chi connectivity index (χ0n) is 14.0. The number of benzene rings is 2. The summed E-state index contributed by atoms with van der Waals surface area (Å²) in [6.07, 6.45) is 0. The lowest BCUT2D eigenvalue weighted by Gasteiger charge is -2.35. The number of amides is 1. The molecule has 1 aliphatic rings. The fourth-order valence-corrected chi connectivity index (χ4v) is 3.19. The second-order valence-corrected chi connectivity index (χ2v) is 6.25. The summed E-state index contributed by atoms with van der Waals surface area (Å²) >= 11 is 0. The fraction of sp³-hybridized carbons (Fsp3) is 0.263. The number of hydrogen-bond acceptors (Lipinski definition) is 4. The standard InChI is InChI=1S/C19H21N5O/c25-18(22-19-20-16-8-4-5-9-17(16)21-19)14-23-10-12-24(13-11-23)15-6-2-1-3-7-15/h1-9H,10-14H2,(H2,20,21,22,25). The molecule has 1 fully saturated rings. The van der Waals surface area contributed by atoms with Crippen molar-refractivity contribution in [3.05, 3.63) is 54.6 Å². The third kappa shape index (κ3) is 3.64. The number of para-hydroxylation sites is 3. The van der Waals surface area contributed by atoms with Crippen LogP contribution in [-0.4, -0.2) is 53.5 Å². The van der Waals surface area contributed by atoms with Crippen LogP contribution in [0.4, 0.5) is 11.6 Å². The van der Waals surface area contributed by atoms with E-state index in [0.717, 1.165) is 37.2 Å². The highest BCUT2D eigenvalue weighted by Gasteiger charge is 2.19. The predicted octanol–water partition coefficient (Wildman–Crippen LogP) is 2.32. The van der Waals surface area contributed by atoms with Crippen LogP contribution < -0.4 is 10.2 Å². The molecule has 4 rings (SSSR count). The molecule has 1 amide bonds. The normalized spacial score (nSPS) is 15.4. The van der Waals surface area contributed by atoms with Gasteiger partial charge in [0, 0.05) is 31.9 Å². The summed E-state index contributed by atoms with van der Waals surface area (Å²) in [6.45, 7) is 4.01. The Bertz CT molecular complexity index is 819. The van der Waals surface area contributed by atoms with Crippen molar-refractivity contribution < 1.29 is 4.79 Å². The first-order valence-electron chi connectivity index (χ1n) is 8.55. The summed E-state index contributed by atoms with van der Waals surface area (Å²) in [5.41, 5.74) is 3.03. The molecule has 0 atom stereocenters. The Morgan fingerprint density at radius 3 is 2.48 bits per heavy atom. The number of carbonyl (C=O) groups excluding carboxylic acids is 1. The van der Waals surface area contributed by atoms with E-state index >= 15 is 0 Å². The van der Waals surface area contributed by atoms with E-state index in [1.165, 1.54) is 5.69 Å². The van der Waals surface area contributed by atoms with Crippen molar-refractivity contribution in [2.45, 2.75) is 0 Å². The van der Waals surface area contributed by atoms with Gasteiger partial charge in [-0.2, -0.15) is 0 Å². The van der Waals surface area contributed by atoms with Crippen LogP contribution in [0.3, 0.4) is 0 Å². The fourth-order valence-electron chi connectivity index (χ4n) is 3.19. The molecule has 0 aliphatic carbocycles. The van der Waals surface area contributed by atoms with Crippen molar-refractivity contribution in [3.8, 4) is 0 Å². The average molecular weight is 335 g/mol. The number of carbonyl (C=O) groups is 1.